The van der Waals surface area contributed by atoms with Gasteiger partial charge in [0.2, 0.25) is 5.91 Å². The lowest BCUT2D eigenvalue weighted by molar-refractivity contribution is -0.140. The number of β-lactam (4-membered cyclic amide) rings is 1. The molecule has 1 saturated heterocycles. The van der Waals surface area contributed by atoms with Crippen molar-refractivity contribution >= 4 is 23.7 Å². The standard InChI is InChI=1S/C19H22N4O2S/c1-2-16(14-7-4-3-5-8-14)22-19(25)23-15(13-17(23)24)9-12-26-18-20-10-6-11-21-18/h3-8,10-11,15-16H,2,9,12-13H2,1H3,(H,22,25)/t15-,16+/m0/s1. The van der Waals surface area contributed by atoms with Crippen molar-refractivity contribution in [2.75, 3.05) is 5.75 Å². The number of urea groups is 1. The van der Waals surface area contributed by atoms with E-state index in [1.165, 1.54) is 16.7 Å². The second-order valence-electron chi connectivity index (χ2n) is 6.11. The van der Waals surface area contributed by atoms with Crippen LogP contribution in [0.3, 0.4) is 0 Å². The number of benzene rings is 1. The number of thioether (sulfide) groups is 1. The van der Waals surface area contributed by atoms with Gasteiger partial charge in [0.1, 0.15) is 0 Å². The average Bonchev–Trinajstić information content (AvgIpc) is 2.66. The van der Waals surface area contributed by atoms with Crippen LogP contribution in [0.4, 0.5) is 4.79 Å². The molecule has 3 rings (SSSR count). The number of hydrogen-bond acceptors (Lipinski definition) is 5. The van der Waals surface area contributed by atoms with Gasteiger partial charge in [-0.1, -0.05) is 49.0 Å². The highest BCUT2D eigenvalue weighted by Crippen LogP contribution is 2.26. The minimum Gasteiger partial charge on any atom is -0.331 e. The molecular weight excluding hydrogens is 348 g/mol. The van der Waals surface area contributed by atoms with Gasteiger partial charge >= 0.3 is 6.03 Å². The minimum absolute atomic E-state index is 0.0491. The second kappa shape index (κ2) is 8.80. The summed E-state index contributed by atoms with van der Waals surface area (Å²) >= 11 is 1.54. The molecule has 7 heteroatoms. The Morgan fingerprint density at radius 2 is 2.00 bits per heavy atom. The third-order valence-electron chi connectivity index (χ3n) is 4.40. The highest BCUT2D eigenvalue weighted by Gasteiger charge is 2.40. The molecule has 0 bridgehead atoms. The van der Waals surface area contributed by atoms with E-state index in [0.717, 1.165) is 24.2 Å². The van der Waals surface area contributed by atoms with Crippen LogP contribution in [0.25, 0.3) is 0 Å². The molecule has 1 fully saturated rings. The van der Waals surface area contributed by atoms with E-state index < -0.39 is 0 Å². The molecule has 1 aliphatic heterocycles. The predicted molar refractivity (Wildman–Crippen MR) is 101 cm³/mol. The van der Waals surface area contributed by atoms with Crippen molar-refractivity contribution in [3.63, 3.8) is 0 Å². The normalized spacial score (nSPS) is 17.5. The fourth-order valence-corrected chi connectivity index (χ4v) is 3.81. The summed E-state index contributed by atoms with van der Waals surface area (Å²) in [5.74, 6) is 0.651. The highest BCUT2D eigenvalue weighted by atomic mass is 32.2. The Balaban J connectivity index is 1.53. The first-order valence-corrected chi connectivity index (χ1v) is 9.75. The van der Waals surface area contributed by atoms with Crippen LogP contribution in [0.1, 0.15) is 37.8 Å². The fraction of sp³-hybridized carbons (Fsp3) is 0.368. The summed E-state index contributed by atoms with van der Waals surface area (Å²) in [6.07, 6.45) is 5.34. The number of carbonyl (C=O) groups is 2. The van der Waals surface area contributed by atoms with Gasteiger partial charge in [-0.05, 0) is 24.5 Å². The van der Waals surface area contributed by atoms with Gasteiger partial charge in [-0.3, -0.25) is 9.69 Å². The maximum absolute atomic E-state index is 12.6. The lowest BCUT2D eigenvalue weighted by Crippen LogP contribution is -2.59. The number of imide groups is 1. The van der Waals surface area contributed by atoms with Crippen molar-refractivity contribution in [2.45, 2.75) is 43.4 Å². The van der Waals surface area contributed by atoms with Crippen LogP contribution in [0.2, 0.25) is 0 Å². The van der Waals surface area contributed by atoms with Crippen LogP contribution in [0, 0.1) is 0 Å². The first-order chi connectivity index (χ1) is 12.7. The van der Waals surface area contributed by atoms with Crippen LogP contribution in [-0.4, -0.2) is 38.6 Å². The Bertz CT molecular complexity index is 742. The monoisotopic (exact) mass is 370 g/mol. The Morgan fingerprint density at radius 3 is 2.65 bits per heavy atom. The van der Waals surface area contributed by atoms with E-state index in [1.807, 2.05) is 37.3 Å². The molecule has 0 radical (unpaired) electrons. The van der Waals surface area contributed by atoms with Crippen molar-refractivity contribution < 1.29 is 9.59 Å². The third-order valence-corrected chi connectivity index (χ3v) is 5.30. The molecule has 0 aliphatic carbocycles. The minimum atomic E-state index is -0.303. The van der Waals surface area contributed by atoms with Crippen molar-refractivity contribution in [3.05, 3.63) is 54.4 Å². The van der Waals surface area contributed by atoms with Gasteiger partial charge in [-0.2, -0.15) is 0 Å². The van der Waals surface area contributed by atoms with E-state index in [9.17, 15) is 9.59 Å². The number of nitrogens with zero attached hydrogens (tertiary/aromatic N) is 3. The Hall–Kier alpha value is -2.41. The van der Waals surface area contributed by atoms with Gasteiger partial charge in [0, 0.05) is 24.6 Å². The Kier molecular flexibility index (Phi) is 6.22. The van der Waals surface area contributed by atoms with Crippen molar-refractivity contribution in [1.82, 2.24) is 20.2 Å². The Morgan fingerprint density at radius 1 is 1.27 bits per heavy atom. The molecular formula is C19H22N4O2S. The molecule has 3 amide bonds. The van der Waals surface area contributed by atoms with Crippen LogP contribution in [-0.2, 0) is 4.79 Å². The number of amides is 3. The Labute approximate surface area is 157 Å². The summed E-state index contributed by atoms with van der Waals surface area (Å²) in [5, 5.41) is 3.70. The predicted octanol–water partition coefficient (Wildman–Crippen LogP) is 3.42. The largest absolute Gasteiger partial charge is 0.331 e. The summed E-state index contributed by atoms with van der Waals surface area (Å²) in [4.78, 5) is 34.2. The van der Waals surface area contributed by atoms with Crippen LogP contribution in [0.15, 0.2) is 53.9 Å². The quantitative estimate of drug-likeness (QED) is 0.459. The van der Waals surface area contributed by atoms with Crippen LogP contribution >= 0.6 is 11.8 Å². The molecule has 1 aromatic heterocycles. The molecule has 1 N–H and O–H groups in total. The molecule has 0 spiro atoms. The molecule has 6 nitrogen and oxygen atoms in total. The van der Waals surface area contributed by atoms with E-state index in [-0.39, 0.29) is 24.0 Å². The SMILES string of the molecule is CC[C@@H](NC(=O)N1C(=O)C[C@@H]1CCSc1ncccn1)c1ccccc1. The van der Waals surface area contributed by atoms with Gasteiger partial charge in [-0.25, -0.2) is 14.8 Å². The smallest absolute Gasteiger partial charge is 0.324 e. The zero-order chi connectivity index (χ0) is 18.4. The number of rotatable bonds is 7. The molecule has 26 heavy (non-hydrogen) atoms. The maximum atomic E-state index is 12.6. The van der Waals surface area contributed by atoms with E-state index >= 15 is 0 Å². The fourth-order valence-electron chi connectivity index (χ4n) is 2.96. The van der Waals surface area contributed by atoms with Gasteiger partial charge in [0.05, 0.1) is 12.1 Å². The summed E-state index contributed by atoms with van der Waals surface area (Å²) in [6, 6.07) is 11.1. The van der Waals surface area contributed by atoms with Crippen molar-refractivity contribution in [3.8, 4) is 0 Å². The lowest BCUT2D eigenvalue weighted by Gasteiger charge is -2.39. The molecule has 0 unspecified atom stereocenters. The molecule has 0 saturated carbocycles. The summed E-state index contributed by atoms with van der Waals surface area (Å²) in [6.45, 7) is 2.02. The zero-order valence-electron chi connectivity index (χ0n) is 14.7. The molecule has 136 valence electrons. The average molecular weight is 370 g/mol. The topological polar surface area (TPSA) is 75.2 Å². The molecule has 1 aromatic carbocycles. The number of aromatic nitrogens is 2. The van der Waals surface area contributed by atoms with Crippen LogP contribution in [0.5, 0.6) is 0 Å². The van der Waals surface area contributed by atoms with E-state index in [2.05, 4.69) is 15.3 Å². The number of carbonyl (C=O) groups excluding carboxylic acids is 2. The van der Waals surface area contributed by atoms with Gasteiger partial charge in [-0.15, -0.1) is 0 Å². The zero-order valence-corrected chi connectivity index (χ0v) is 15.5. The first-order valence-electron chi connectivity index (χ1n) is 8.76. The van der Waals surface area contributed by atoms with E-state index in [1.54, 1.807) is 18.5 Å². The number of nitrogens with one attached hydrogen (secondary N) is 1. The third kappa shape index (κ3) is 4.40. The molecule has 2 aromatic rings. The van der Waals surface area contributed by atoms with Crippen LogP contribution < -0.4 is 5.32 Å². The molecule has 1 aliphatic rings. The van der Waals surface area contributed by atoms with Gasteiger partial charge < -0.3 is 5.32 Å². The van der Waals surface area contributed by atoms with E-state index in [4.69, 9.17) is 0 Å². The lowest BCUT2D eigenvalue weighted by atomic mass is 9.99. The van der Waals surface area contributed by atoms with Crippen molar-refractivity contribution in [2.24, 2.45) is 0 Å². The number of hydrogen-bond donors (Lipinski definition) is 1. The summed E-state index contributed by atoms with van der Waals surface area (Å²) in [7, 11) is 0. The second-order valence-corrected chi connectivity index (χ2v) is 7.17. The van der Waals surface area contributed by atoms with Gasteiger partial charge in [0.15, 0.2) is 5.16 Å². The summed E-state index contributed by atoms with van der Waals surface area (Å²) < 4.78 is 0. The summed E-state index contributed by atoms with van der Waals surface area (Å²) in [5.41, 5.74) is 1.05. The first kappa shape index (κ1) is 18.4. The highest BCUT2D eigenvalue weighted by molar-refractivity contribution is 7.99. The van der Waals surface area contributed by atoms with E-state index in [0.29, 0.717) is 11.6 Å². The van der Waals surface area contributed by atoms with Crippen molar-refractivity contribution in [1.29, 1.82) is 0 Å². The molecule has 2 atom stereocenters. The van der Waals surface area contributed by atoms with Gasteiger partial charge in [0.25, 0.3) is 0 Å². The molecule has 2 heterocycles. The maximum Gasteiger partial charge on any atom is 0.324 e. The number of likely N-dealkylation sites (tertiary alicyclic amines) is 1.